The molecule has 0 radical (unpaired) electrons. The molecular formula is C25H28N4O3. The van der Waals surface area contributed by atoms with Crippen molar-refractivity contribution >= 4 is 5.91 Å². The highest BCUT2D eigenvalue weighted by Gasteiger charge is 2.53. The first-order chi connectivity index (χ1) is 15.5. The molecule has 1 amide bonds. The molecule has 1 fully saturated rings. The standard InChI is InChI=1S/C25H28N4O3/c1-17-8-12-26-23(14-17)32-16-21-20-15-29(13-9-22(20)28(2)27-21)24(30)25(10-11-25)18-4-6-19(31-3)7-5-18/h4-8,12,14H,9-11,13,15-16H2,1-3H3. The highest BCUT2D eigenvalue weighted by Crippen LogP contribution is 2.50. The highest BCUT2D eigenvalue weighted by atomic mass is 16.5. The van der Waals surface area contributed by atoms with Gasteiger partial charge in [-0.05, 0) is 49.1 Å². The number of pyridine rings is 1. The maximum Gasteiger partial charge on any atom is 0.233 e. The molecule has 7 nitrogen and oxygen atoms in total. The van der Waals surface area contributed by atoms with E-state index in [-0.39, 0.29) is 5.91 Å². The Hall–Kier alpha value is -3.35. The minimum Gasteiger partial charge on any atom is -0.497 e. The first-order valence-electron chi connectivity index (χ1n) is 11.0. The van der Waals surface area contributed by atoms with E-state index >= 15 is 0 Å². The van der Waals surface area contributed by atoms with Gasteiger partial charge >= 0.3 is 0 Å². The summed E-state index contributed by atoms with van der Waals surface area (Å²) in [6, 6.07) is 11.8. The third kappa shape index (κ3) is 3.61. The number of rotatable bonds is 6. The number of aryl methyl sites for hydroxylation is 2. The lowest BCUT2D eigenvalue weighted by atomic mass is 9.93. The van der Waals surface area contributed by atoms with Crippen molar-refractivity contribution in [1.82, 2.24) is 19.7 Å². The van der Waals surface area contributed by atoms with Crippen LogP contribution >= 0.6 is 0 Å². The number of hydrogen-bond donors (Lipinski definition) is 0. The molecule has 0 bridgehead atoms. The van der Waals surface area contributed by atoms with Gasteiger partial charge in [-0.15, -0.1) is 0 Å². The van der Waals surface area contributed by atoms with Crippen molar-refractivity contribution in [2.24, 2.45) is 7.05 Å². The third-order valence-corrected chi connectivity index (χ3v) is 6.66. The van der Waals surface area contributed by atoms with Crippen LogP contribution in [0.15, 0.2) is 42.6 Å². The van der Waals surface area contributed by atoms with Crippen molar-refractivity contribution in [2.75, 3.05) is 13.7 Å². The number of carbonyl (C=O) groups excluding carboxylic acids is 1. The molecule has 0 spiro atoms. The van der Waals surface area contributed by atoms with Gasteiger partial charge in [0.15, 0.2) is 0 Å². The molecule has 0 atom stereocenters. The molecule has 1 saturated carbocycles. The fourth-order valence-electron chi connectivity index (χ4n) is 4.65. The van der Waals surface area contributed by atoms with Gasteiger partial charge in [0.25, 0.3) is 0 Å². The number of aromatic nitrogens is 3. The molecule has 0 unspecified atom stereocenters. The van der Waals surface area contributed by atoms with Crippen molar-refractivity contribution in [1.29, 1.82) is 0 Å². The zero-order valence-corrected chi connectivity index (χ0v) is 18.8. The lowest BCUT2D eigenvalue weighted by Gasteiger charge is -2.31. The quantitative estimate of drug-likeness (QED) is 0.598. The predicted octanol–water partition coefficient (Wildman–Crippen LogP) is 3.33. The number of fused-ring (bicyclic) bond motifs is 1. The summed E-state index contributed by atoms with van der Waals surface area (Å²) in [5.74, 6) is 1.61. The molecule has 2 aromatic heterocycles. The number of benzene rings is 1. The summed E-state index contributed by atoms with van der Waals surface area (Å²) in [5.41, 5.74) is 4.94. The Morgan fingerprint density at radius 2 is 1.97 bits per heavy atom. The predicted molar refractivity (Wildman–Crippen MR) is 120 cm³/mol. The first-order valence-corrected chi connectivity index (χ1v) is 11.0. The average molecular weight is 433 g/mol. The van der Waals surface area contributed by atoms with Crippen molar-refractivity contribution in [3.05, 3.63) is 70.7 Å². The van der Waals surface area contributed by atoms with Gasteiger partial charge in [0.2, 0.25) is 11.8 Å². The highest BCUT2D eigenvalue weighted by molar-refractivity contribution is 5.91. The normalized spacial score (nSPS) is 16.4. The van der Waals surface area contributed by atoms with Gasteiger partial charge < -0.3 is 14.4 Å². The Labute approximate surface area is 188 Å². The topological polar surface area (TPSA) is 69.5 Å². The molecule has 1 aliphatic carbocycles. The number of nitrogens with zero attached hydrogens (tertiary/aromatic N) is 4. The van der Waals surface area contributed by atoms with Crippen LogP contribution in [0.1, 0.15) is 40.9 Å². The van der Waals surface area contributed by atoms with Crippen LogP contribution in [0.5, 0.6) is 11.6 Å². The van der Waals surface area contributed by atoms with Crippen LogP contribution in [0.4, 0.5) is 0 Å². The minimum atomic E-state index is -0.395. The van der Waals surface area contributed by atoms with Gasteiger partial charge in [0.1, 0.15) is 18.1 Å². The van der Waals surface area contributed by atoms with Gasteiger partial charge in [-0.3, -0.25) is 9.48 Å². The maximum atomic E-state index is 13.6. The number of hydrogen-bond acceptors (Lipinski definition) is 5. The summed E-state index contributed by atoms with van der Waals surface area (Å²) in [6.45, 7) is 3.63. The SMILES string of the molecule is COc1ccc(C2(C(=O)N3CCc4c(c(COc5cc(C)ccn5)nn4C)C3)CC2)cc1. The van der Waals surface area contributed by atoms with Crippen LogP contribution in [0.25, 0.3) is 0 Å². The number of methoxy groups -OCH3 is 1. The Balaban J connectivity index is 1.34. The van der Waals surface area contributed by atoms with Crippen molar-refractivity contribution in [3.63, 3.8) is 0 Å². The van der Waals surface area contributed by atoms with Crippen LogP contribution in [-0.2, 0) is 36.8 Å². The summed E-state index contributed by atoms with van der Waals surface area (Å²) >= 11 is 0. The molecule has 1 aromatic carbocycles. The van der Waals surface area contributed by atoms with Gasteiger partial charge in [0, 0.05) is 50.1 Å². The van der Waals surface area contributed by atoms with E-state index in [2.05, 4.69) is 4.98 Å². The number of amides is 1. The van der Waals surface area contributed by atoms with Gasteiger partial charge in [-0.25, -0.2) is 4.98 Å². The van der Waals surface area contributed by atoms with Crippen LogP contribution in [0.2, 0.25) is 0 Å². The number of ether oxygens (including phenoxy) is 2. The zero-order valence-electron chi connectivity index (χ0n) is 18.8. The van der Waals surface area contributed by atoms with Gasteiger partial charge in [-0.1, -0.05) is 12.1 Å². The lowest BCUT2D eigenvalue weighted by Crippen LogP contribution is -2.42. The Morgan fingerprint density at radius 3 is 2.66 bits per heavy atom. The fourth-order valence-corrected chi connectivity index (χ4v) is 4.65. The van der Waals surface area contributed by atoms with Crippen LogP contribution in [0.3, 0.4) is 0 Å². The largest absolute Gasteiger partial charge is 0.497 e. The van der Waals surface area contributed by atoms with Crippen LogP contribution in [0, 0.1) is 6.92 Å². The van der Waals surface area contributed by atoms with Crippen LogP contribution in [-0.4, -0.2) is 39.2 Å². The van der Waals surface area contributed by atoms with Gasteiger partial charge in [0.05, 0.1) is 12.5 Å². The van der Waals surface area contributed by atoms with E-state index in [1.807, 2.05) is 60.0 Å². The number of carbonyl (C=O) groups is 1. The molecule has 166 valence electrons. The third-order valence-electron chi connectivity index (χ3n) is 6.66. The summed E-state index contributed by atoms with van der Waals surface area (Å²) in [7, 11) is 3.62. The summed E-state index contributed by atoms with van der Waals surface area (Å²) in [4.78, 5) is 19.9. The van der Waals surface area contributed by atoms with E-state index in [0.717, 1.165) is 47.4 Å². The zero-order chi connectivity index (χ0) is 22.3. The minimum absolute atomic E-state index is 0.212. The molecule has 1 aliphatic heterocycles. The maximum absolute atomic E-state index is 13.6. The Morgan fingerprint density at radius 1 is 1.19 bits per heavy atom. The second-order valence-electron chi connectivity index (χ2n) is 8.74. The molecule has 3 aromatic rings. The van der Waals surface area contributed by atoms with Crippen molar-refractivity contribution in [3.8, 4) is 11.6 Å². The molecule has 3 heterocycles. The molecule has 0 N–H and O–H groups in total. The second-order valence-corrected chi connectivity index (χ2v) is 8.74. The molecule has 5 rings (SSSR count). The monoisotopic (exact) mass is 432 g/mol. The van der Waals surface area contributed by atoms with E-state index in [0.29, 0.717) is 25.6 Å². The second kappa shape index (κ2) is 7.97. The molecule has 0 saturated heterocycles. The average Bonchev–Trinajstić information content (AvgIpc) is 3.57. The van der Waals surface area contributed by atoms with E-state index in [1.165, 1.54) is 5.69 Å². The summed E-state index contributed by atoms with van der Waals surface area (Å²) in [5, 5.41) is 4.69. The van der Waals surface area contributed by atoms with Crippen molar-refractivity contribution in [2.45, 2.75) is 44.8 Å². The summed E-state index contributed by atoms with van der Waals surface area (Å²) < 4.78 is 13.1. The van der Waals surface area contributed by atoms with Gasteiger partial charge in [-0.2, -0.15) is 5.10 Å². The van der Waals surface area contributed by atoms with E-state index in [4.69, 9.17) is 14.6 Å². The molecule has 32 heavy (non-hydrogen) atoms. The Bertz CT molecular complexity index is 1150. The molecule has 2 aliphatic rings. The Kier molecular flexibility index (Phi) is 5.12. The van der Waals surface area contributed by atoms with E-state index < -0.39 is 5.41 Å². The van der Waals surface area contributed by atoms with Crippen LogP contribution < -0.4 is 9.47 Å². The fraction of sp³-hybridized carbons (Fsp3) is 0.400. The summed E-state index contributed by atoms with van der Waals surface area (Å²) in [6.07, 6.45) is 4.33. The van der Waals surface area contributed by atoms with E-state index in [1.54, 1.807) is 13.3 Å². The lowest BCUT2D eigenvalue weighted by molar-refractivity contribution is -0.135. The first kappa shape index (κ1) is 20.5. The molecule has 7 heteroatoms. The smallest absolute Gasteiger partial charge is 0.233 e. The van der Waals surface area contributed by atoms with Crippen molar-refractivity contribution < 1.29 is 14.3 Å². The van der Waals surface area contributed by atoms with E-state index in [9.17, 15) is 4.79 Å². The molecular weight excluding hydrogens is 404 g/mol.